The van der Waals surface area contributed by atoms with Crippen LogP contribution in [0.15, 0.2) is 53.7 Å². The van der Waals surface area contributed by atoms with Crippen molar-refractivity contribution in [3.8, 4) is 11.5 Å². The summed E-state index contributed by atoms with van der Waals surface area (Å²) < 4.78 is 5.95. The number of rotatable bonds is 2. The standard InChI is InChI=1S/C19H19NO2/c1-14-13-19(22-20-14)11-5-6-15-12-17(9-10-18(15)19)21-16-7-3-2-4-8-16/h2-4,7-10,12H,5-6,11,13H2,1H3/t19-/m0/s1. The van der Waals surface area contributed by atoms with Gasteiger partial charge in [0.2, 0.25) is 0 Å². The fourth-order valence-corrected chi connectivity index (χ4v) is 3.53. The molecule has 0 saturated heterocycles. The van der Waals surface area contributed by atoms with Gasteiger partial charge < -0.3 is 9.57 Å². The van der Waals surface area contributed by atoms with Gasteiger partial charge in [0, 0.05) is 12.0 Å². The molecule has 0 amide bonds. The van der Waals surface area contributed by atoms with Gasteiger partial charge in [-0.25, -0.2) is 0 Å². The Bertz CT molecular complexity index is 723. The second-order valence-electron chi connectivity index (χ2n) is 6.18. The van der Waals surface area contributed by atoms with E-state index in [0.29, 0.717) is 0 Å². The van der Waals surface area contributed by atoms with Crippen LogP contribution in [0.3, 0.4) is 0 Å². The summed E-state index contributed by atoms with van der Waals surface area (Å²) in [4.78, 5) is 5.83. The fourth-order valence-electron chi connectivity index (χ4n) is 3.53. The highest BCUT2D eigenvalue weighted by Gasteiger charge is 2.43. The number of oxime groups is 1. The van der Waals surface area contributed by atoms with Crippen molar-refractivity contribution in [1.29, 1.82) is 0 Å². The molecule has 2 aromatic carbocycles. The second-order valence-corrected chi connectivity index (χ2v) is 6.18. The van der Waals surface area contributed by atoms with Crippen LogP contribution in [-0.2, 0) is 16.9 Å². The van der Waals surface area contributed by atoms with Gasteiger partial charge in [-0.3, -0.25) is 0 Å². The first-order valence-electron chi connectivity index (χ1n) is 7.83. The number of hydrogen-bond acceptors (Lipinski definition) is 3. The number of ether oxygens (including phenoxy) is 1. The minimum absolute atomic E-state index is 0.233. The first kappa shape index (κ1) is 13.4. The molecule has 3 heteroatoms. The highest BCUT2D eigenvalue weighted by atomic mass is 16.7. The molecule has 0 aromatic heterocycles. The van der Waals surface area contributed by atoms with Crippen LogP contribution in [0, 0.1) is 0 Å². The Morgan fingerprint density at radius 2 is 1.95 bits per heavy atom. The molecule has 1 aliphatic heterocycles. The van der Waals surface area contributed by atoms with Gasteiger partial charge in [-0.15, -0.1) is 0 Å². The normalized spacial score (nSPS) is 22.9. The van der Waals surface area contributed by atoms with Crippen molar-refractivity contribution in [3.05, 3.63) is 59.7 Å². The maximum atomic E-state index is 5.95. The molecule has 0 saturated carbocycles. The predicted octanol–water partition coefficient (Wildman–Crippen LogP) is 4.81. The zero-order chi connectivity index (χ0) is 15.0. The van der Waals surface area contributed by atoms with Crippen LogP contribution in [0.2, 0.25) is 0 Å². The summed E-state index contributed by atoms with van der Waals surface area (Å²) in [5.74, 6) is 1.75. The number of aryl methyl sites for hydroxylation is 1. The van der Waals surface area contributed by atoms with Crippen molar-refractivity contribution < 1.29 is 9.57 Å². The van der Waals surface area contributed by atoms with Crippen LogP contribution in [0.5, 0.6) is 11.5 Å². The smallest absolute Gasteiger partial charge is 0.168 e. The number of nitrogens with zero attached hydrogens (tertiary/aromatic N) is 1. The van der Waals surface area contributed by atoms with Crippen molar-refractivity contribution in [2.45, 2.75) is 38.2 Å². The number of benzene rings is 2. The highest BCUT2D eigenvalue weighted by molar-refractivity contribution is 5.84. The van der Waals surface area contributed by atoms with E-state index in [-0.39, 0.29) is 5.60 Å². The van der Waals surface area contributed by atoms with Gasteiger partial charge in [0.15, 0.2) is 5.60 Å². The van der Waals surface area contributed by atoms with Crippen molar-refractivity contribution >= 4 is 5.71 Å². The second kappa shape index (κ2) is 5.16. The average Bonchev–Trinajstić information content (AvgIpc) is 2.90. The van der Waals surface area contributed by atoms with Crippen LogP contribution >= 0.6 is 0 Å². The molecule has 0 bridgehead atoms. The highest BCUT2D eigenvalue weighted by Crippen LogP contribution is 2.45. The van der Waals surface area contributed by atoms with E-state index in [4.69, 9.17) is 9.57 Å². The summed E-state index contributed by atoms with van der Waals surface area (Å²) in [5, 5.41) is 4.19. The van der Waals surface area contributed by atoms with Crippen LogP contribution in [0.1, 0.15) is 37.3 Å². The van der Waals surface area contributed by atoms with Crippen LogP contribution < -0.4 is 4.74 Å². The summed E-state index contributed by atoms with van der Waals surface area (Å²) in [6, 6.07) is 16.2. The first-order chi connectivity index (χ1) is 10.8. The Morgan fingerprint density at radius 1 is 1.09 bits per heavy atom. The number of hydrogen-bond donors (Lipinski definition) is 0. The van der Waals surface area contributed by atoms with Crippen LogP contribution in [0.25, 0.3) is 0 Å². The molecule has 1 heterocycles. The lowest BCUT2D eigenvalue weighted by molar-refractivity contribution is -0.0363. The van der Waals surface area contributed by atoms with E-state index in [1.165, 1.54) is 11.1 Å². The molecular formula is C19H19NO2. The topological polar surface area (TPSA) is 30.8 Å². The van der Waals surface area contributed by atoms with E-state index < -0.39 is 0 Å². The maximum absolute atomic E-state index is 5.95. The molecule has 2 aromatic rings. The lowest BCUT2D eigenvalue weighted by atomic mass is 9.76. The molecule has 0 unspecified atom stereocenters. The summed E-state index contributed by atoms with van der Waals surface area (Å²) in [7, 11) is 0. The van der Waals surface area contributed by atoms with E-state index in [2.05, 4.69) is 17.3 Å². The molecular weight excluding hydrogens is 274 g/mol. The largest absolute Gasteiger partial charge is 0.457 e. The summed E-state index contributed by atoms with van der Waals surface area (Å²) in [6.07, 6.45) is 4.15. The SMILES string of the molecule is CC1=NO[C@@]2(CCCc3cc(Oc4ccccc4)ccc32)C1. The van der Waals surface area contributed by atoms with Gasteiger partial charge >= 0.3 is 0 Å². The first-order valence-corrected chi connectivity index (χ1v) is 7.83. The lowest BCUT2D eigenvalue weighted by Gasteiger charge is -2.33. The third kappa shape index (κ3) is 2.27. The minimum Gasteiger partial charge on any atom is -0.457 e. The van der Waals surface area contributed by atoms with E-state index in [1.54, 1.807) is 0 Å². The number of fused-ring (bicyclic) bond motifs is 2. The predicted molar refractivity (Wildman–Crippen MR) is 86.4 cm³/mol. The summed E-state index contributed by atoms with van der Waals surface area (Å²) in [6.45, 7) is 2.04. The third-order valence-electron chi connectivity index (χ3n) is 4.49. The van der Waals surface area contributed by atoms with Gasteiger partial charge in [-0.1, -0.05) is 29.4 Å². The summed E-state index contributed by atoms with van der Waals surface area (Å²) in [5.41, 5.74) is 3.45. The van der Waals surface area contributed by atoms with Gasteiger partial charge in [-0.2, -0.15) is 0 Å². The molecule has 112 valence electrons. The molecule has 1 atom stereocenters. The lowest BCUT2D eigenvalue weighted by Crippen LogP contribution is -2.30. The Hall–Kier alpha value is -2.29. The molecule has 22 heavy (non-hydrogen) atoms. The average molecular weight is 293 g/mol. The van der Waals surface area contributed by atoms with Gasteiger partial charge in [-0.05, 0) is 56.0 Å². The zero-order valence-corrected chi connectivity index (χ0v) is 12.7. The Balaban J connectivity index is 1.64. The Labute approximate surface area is 130 Å². The molecule has 0 radical (unpaired) electrons. The van der Waals surface area contributed by atoms with Gasteiger partial charge in [0.25, 0.3) is 0 Å². The van der Waals surface area contributed by atoms with E-state index >= 15 is 0 Å². The van der Waals surface area contributed by atoms with Crippen molar-refractivity contribution in [3.63, 3.8) is 0 Å². The van der Waals surface area contributed by atoms with Crippen molar-refractivity contribution in [2.24, 2.45) is 5.16 Å². The van der Waals surface area contributed by atoms with Crippen LogP contribution in [0.4, 0.5) is 0 Å². The Morgan fingerprint density at radius 3 is 2.73 bits per heavy atom. The fraction of sp³-hybridized carbons (Fsp3) is 0.316. The number of para-hydroxylation sites is 1. The van der Waals surface area contributed by atoms with E-state index in [1.807, 2.05) is 43.3 Å². The van der Waals surface area contributed by atoms with E-state index in [9.17, 15) is 0 Å². The molecule has 0 fully saturated rings. The third-order valence-corrected chi connectivity index (χ3v) is 4.49. The molecule has 3 nitrogen and oxygen atoms in total. The molecule has 0 N–H and O–H groups in total. The van der Waals surface area contributed by atoms with Gasteiger partial charge in [0.05, 0.1) is 5.71 Å². The monoisotopic (exact) mass is 293 g/mol. The molecule has 1 spiro atoms. The van der Waals surface area contributed by atoms with E-state index in [0.717, 1.165) is 42.9 Å². The maximum Gasteiger partial charge on any atom is 0.168 e. The van der Waals surface area contributed by atoms with Crippen LogP contribution in [-0.4, -0.2) is 5.71 Å². The molecule has 1 aliphatic carbocycles. The molecule has 4 rings (SSSR count). The molecule has 2 aliphatic rings. The Kier molecular flexibility index (Phi) is 3.14. The zero-order valence-electron chi connectivity index (χ0n) is 12.7. The van der Waals surface area contributed by atoms with Crippen molar-refractivity contribution in [1.82, 2.24) is 0 Å². The van der Waals surface area contributed by atoms with Gasteiger partial charge in [0.1, 0.15) is 11.5 Å². The van der Waals surface area contributed by atoms with Crippen molar-refractivity contribution in [2.75, 3.05) is 0 Å². The summed E-state index contributed by atoms with van der Waals surface area (Å²) >= 11 is 0. The quantitative estimate of drug-likeness (QED) is 0.795. The minimum atomic E-state index is -0.233.